The summed E-state index contributed by atoms with van der Waals surface area (Å²) in [6, 6.07) is 0.282. The minimum absolute atomic E-state index is 0.0599. The third-order valence-electron chi connectivity index (χ3n) is 7.01. The molecule has 0 amide bonds. The van der Waals surface area contributed by atoms with Crippen LogP contribution in [0.1, 0.15) is 64.8 Å². The summed E-state index contributed by atoms with van der Waals surface area (Å²) in [5, 5.41) is 4.35. The molecule has 3 aliphatic heterocycles. The van der Waals surface area contributed by atoms with E-state index in [9.17, 15) is 4.55 Å². The first kappa shape index (κ1) is 23.4. The topological polar surface area (TPSA) is 85.4 Å². The summed E-state index contributed by atoms with van der Waals surface area (Å²) in [6.45, 7) is 12.2. The van der Waals surface area contributed by atoms with Gasteiger partial charge in [0.1, 0.15) is 16.7 Å². The van der Waals surface area contributed by atoms with Crippen molar-refractivity contribution in [2.45, 2.75) is 89.4 Å². The average Bonchev–Trinajstić information content (AvgIpc) is 3.05. The van der Waals surface area contributed by atoms with Crippen LogP contribution in [0.3, 0.4) is 0 Å². The van der Waals surface area contributed by atoms with E-state index in [-0.39, 0.29) is 23.3 Å². The van der Waals surface area contributed by atoms with Crippen LogP contribution < -0.4 is 19.7 Å². The SMILES string of the molecule is Cc1nc2c3c(nc(Cl)c(F)c3c1C(C)N[S+]([O-])C(C)(C)C)O[C@@H](C)[C@@H]1[C@@H]3CC[C@H](CN21)N3. The van der Waals surface area contributed by atoms with Gasteiger partial charge in [-0.2, -0.15) is 4.98 Å². The van der Waals surface area contributed by atoms with Gasteiger partial charge < -0.3 is 19.5 Å². The Balaban J connectivity index is 1.73. The Bertz CT molecular complexity index is 1110. The van der Waals surface area contributed by atoms with Gasteiger partial charge >= 0.3 is 0 Å². The molecule has 33 heavy (non-hydrogen) atoms. The molecule has 2 unspecified atom stereocenters. The van der Waals surface area contributed by atoms with Crippen LogP contribution in [-0.2, 0) is 11.4 Å². The van der Waals surface area contributed by atoms with E-state index in [1.54, 1.807) is 0 Å². The zero-order valence-electron chi connectivity index (χ0n) is 19.8. The highest BCUT2D eigenvalue weighted by Crippen LogP contribution is 2.46. The van der Waals surface area contributed by atoms with Crippen LogP contribution in [0.5, 0.6) is 5.88 Å². The predicted molar refractivity (Wildman–Crippen MR) is 130 cm³/mol. The summed E-state index contributed by atoms with van der Waals surface area (Å²) in [6.07, 6.45) is 1.99. The highest BCUT2D eigenvalue weighted by atomic mass is 35.5. The third kappa shape index (κ3) is 3.76. The van der Waals surface area contributed by atoms with E-state index in [0.717, 1.165) is 19.4 Å². The second-order valence-electron chi connectivity index (χ2n) is 10.4. The molecule has 2 fully saturated rings. The van der Waals surface area contributed by atoms with Crippen molar-refractivity contribution >= 4 is 39.6 Å². The van der Waals surface area contributed by atoms with Crippen molar-refractivity contribution < 1.29 is 13.7 Å². The summed E-state index contributed by atoms with van der Waals surface area (Å²) in [7, 11) is 0. The number of pyridine rings is 2. The molecular formula is C23H31ClFN5O2S. The van der Waals surface area contributed by atoms with Gasteiger partial charge in [-0.3, -0.25) is 0 Å². The second-order valence-corrected chi connectivity index (χ2v) is 12.8. The van der Waals surface area contributed by atoms with Crippen molar-refractivity contribution in [1.29, 1.82) is 0 Å². The Morgan fingerprint density at radius 1 is 1.30 bits per heavy atom. The maximum absolute atomic E-state index is 15.7. The number of nitrogens with one attached hydrogen (secondary N) is 2. The van der Waals surface area contributed by atoms with E-state index in [1.807, 2.05) is 41.5 Å². The van der Waals surface area contributed by atoms with Crippen LogP contribution in [-0.4, -0.2) is 50.0 Å². The first-order valence-electron chi connectivity index (χ1n) is 11.5. The van der Waals surface area contributed by atoms with Gasteiger partial charge in [-0.05, 0) is 54.4 Å². The fraction of sp³-hybridized carbons (Fsp3) is 0.652. The van der Waals surface area contributed by atoms with E-state index in [1.165, 1.54) is 0 Å². The lowest BCUT2D eigenvalue weighted by Gasteiger charge is -2.43. The molecule has 2 N–H and O–H groups in total. The minimum Gasteiger partial charge on any atom is -0.598 e. The highest BCUT2D eigenvalue weighted by Gasteiger charge is 2.47. The quantitative estimate of drug-likeness (QED) is 0.493. The number of anilines is 1. The molecule has 3 aliphatic rings. The van der Waals surface area contributed by atoms with Crippen molar-refractivity contribution in [2.75, 3.05) is 11.4 Å². The number of piperazine rings is 1. The van der Waals surface area contributed by atoms with Gasteiger partial charge in [-0.25, -0.2) is 9.37 Å². The highest BCUT2D eigenvalue weighted by molar-refractivity contribution is 7.90. The van der Waals surface area contributed by atoms with Crippen LogP contribution in [0, 0.1) is 12.7 Å². The molecule has 5 rings (SSSR count). The van der Waals surface area contributed by atoms with E-state index in [0.29, 0.717) is 39.8 Å². The molecule has 2 bridgehead atoms. The van der Waals surface area contributed by atoms with Gasteiger partial charge in [-0.15, -0.1) is 4.72 Å². The largest absolute Gasteiger partial charge is 0.598 e. The molecule has 7 nitrogen and oxygen atoms in total. The number of nitrogens with zero attached hydrogens (tertiary/aromatic N) is 3. The van der Waals surface area contributed by atoms with E-state index >= 15 is 4.39 Å². The van der Waals surface area contributed by atoms with Crippen LogP contribution in [0.4, 0.5) is 10.2 Å². The van der Waals surface area contributed by atoms with E-state index < -0.39 is 28.0 Å². The average molecular weight is 496 g/mol. The molecule has 2 aromatic rings. The van der Waals surface area contributed by atoms with Crippen molar-refractivity contribution in [3.05, 3.63) is 22.2 Å². The molecule has 0 radical (unpaired) electrons. The molecule has 2 aromatic heterocycles. The Kier molecular flexibility index (Phi) is 5.72. The maximum atomic E-state index is 15.7. The number of fused-ring (bicyclic) bond motifs is 5. The van der Waals surface area contributed by atoms with Gasteiger partial charge in [0.05, 0.1) is 17.5 Å². The van der Waals surface area contributed by atoms with Crippen molar-refractivity contribution in [3.8, 4) is 5.88 Å². The van der Waals surface area contributed by atoms with Crippen molar-refractivity contribution in [3.63, 3.8) is 0 Å². The summed E-state index contributed by atoms with van der Waals surface area (Å²) in [5.74, 6) is 0.406. The van der Waals surface area contributed by atoms with E-state index in [4.69, 9.17) is 21.3 Å². The molecule has 0 aromatic carbocycles. The standard InChI is InChI=1S/C23H31ClFN5O2S/c1-10-15(11(2)29-33(31)23(4,5)6)16-17-21(26-10)30-9-13-7-8-14(27-13)19(30)12(3)32-22(17)28-20(24)18(16)25/h11-14,19,27,29H,7-9H2,1-6H3/t11?,12-,13+,14-,19+,33?/m0/s1. The molecule has 0 aliphatic carbocycles. The number of aryl methyl sites for hydroxylation is 1. The molecule has 6 atom stereocenters. The lowest BCUT2D eigenvalue weighted by Crippen LogP contribution is -2.62. The molecular weight excluding hydrogens is 465 g/mol. The smallest absolute Gasteiger partial charge is 0.227 e. The Hall–Kier alpha value is -1.39. The summed E-state index contributed by atoms with van der Waals surface area (Å²) in [5.41, 5.74) is 1.30. The Morgan fingerprint density at radius 3 is 2.73 bits per heavy atom. The number of rotatable bonds is 3. The lowest BCUT2D eigenvalue weighted by molar-refractivity contribution is 0.154. The van der Waals surface area contributed by atoms with Gasteiger partial charge in [-0.1, -0.05) is 11.6 Å². The van der Waals surface area contributed by atoms with Crippen molar-refractivity contribution in [2.24, 2.45) is 0 Å². The Labute approximate surface area is 202 Å². The minimum atomic E-state index is -1.35. The van der Waals surface area contributed by atoms with Crippen LogP contribution >= 0.6 is 11.6 Å². The van der Waals surface area contributed by atoms with Gasteiger partial charge in [0.25, 0.3) is 0 Å². The number of halogens is 2. The second kappa shape index (κ2) is 8.09. The van der Waals surface area contributed by atoms with Crippen molar-refractivity contribution in [1.82, 2.24) is 20.0 Å². The fourth-order valence-electron chi connectivity index (χ4n) is 5.54. The van der Waals surface area contributed by atoms with Crippen LogP contribution in [0.15, 0.2) is 0 Å². The van der Waals surface area contributed by atoms with Gasteiger partial charge in [0, 0.05) is 46.6 Å². The Morgan fingerprint density at radius 2 is 2.03 bits per heavy atom. The molecule has 10 heteroatoms. The third-order valence-corrected chi connectivity index (χ3v) is 8.94. The predicted octanol–water partition coefficient (Wildman–Crippen LogP) is 3.93. The van der Waals surface area contributed by atoms with Gasteiger partial charge in [0.15, 0.2) is 11.0 Å². The lowest BCUT2D eigenvalue weighted by atomic mass is 9.97. The summed E-state index contributed by atoms with van der Waals surface area (Å²) in [4.78, 5) is 11.6. The normalized spacial score (nSPS) is 28.3. The number of hydrogen-bond donors (Lipinski definition) is 2. The number of hydrogen-bond acceptors (Lipinski definition) is 7. The molecule has 5 heterocycles. The zero-order valence-corrected chi connectivity index (χ0v) is 21.4. The maximum Gasteiger partial charge on any atom is 0.227 e. The first-order chi connectivity index (χ1) is 15.5. The fourth-order valence-corrected chi connectivity index (χ4v) is 6.51. The molecule has 2 saturated heterocycles. The first-order valence-corrected chi connectivity index (χ1v) is 13.1. The zero-order chi connectivity index (χ0) is 23.8. The number of ether oxygens (including phenoxy) is 1. The molecule has 0 saturated carbocycles. The summed E-state index contributed by atoms with van der Waals surface area (Å²) < 4.78 is 37.5. The molecule has 0 spiro atoms. The van der Waals surface area contributed by atoms with E-state index in [2.05, 4.69) is 19.9 Å². The number of aromatic nitrogens is 2. The summed E-state index contributed by atoms with van der Waals surface area (Å²) >= 11 is 4.93. The van der Waals surface area contributed by atoms with Crippen LogP contribution in [0.2, 0.25) is 5.15 Å². The molecule has 180 valence electrons. The van der Waals surface area contributed by atoms with Crippen LogP contribution in [0.25, 0.3) is 10.8 Å². The monoisotopic (exact) mass is 495 g/mol. The van der Waals surface area contributed by atoms with Gasteiger partial charge in [0.2, 0.25) is 5.88 Å².